The van der Waals surface area contributed by atoms with Gasteiger partial charge in [0, 0.05) is 19.5 Å². The van der Waals surface area contributed by atoms with Crippen LogP contribution in [-0.2, 0) is 17.8 Å². The normalized spacial score (nSPS) is 10.8. The van der Waals surface area contributed by atoms with Crippen molar-refractivity contribution in [1.82, 2.24) is 14.9 Å². The molecule has 3 aromatic rings. The molecule has 0 atom stereocenters. The zero-order valence-electron chi connectivity index (χ0n) is 16.6. The van der Waals surface area contributed by atoms with Crippen LogP contribution in [0.3, 0.4) is 0 Å². The summed E-state index contributed by atoms with van der Waals surface area (Å²) in [5.41, 5.74) is 4.25. The molecule has 28 heavy (non-hydrogen) atoms. The molecule has 3 rings (SSSR count). The average molecular weight is 377 g/mol. The van der Waals surface area contributed by atoms with E-state index in [2.05, 4.69) is 22.5 Å². The molecule has 1 N–H and O–H groups in total. The molecule has 0 unspecified atom stereocenters. The van der Waals surface area contributed by atoms with Crippen LogP contribution in [0.4, 0.5) is 0 Å². The first kappa shape index (κ1) is 19.7. The number of aromatic nitrogens is 2. The maximum absolute atomic E-state index is 12.1. The van der Waals surface area contributed by atoms with E-state index in [-0.39, 0.29) is 12.5 Å². The number of ether oxygens (including phenoxy) is 1. The molecule has 146 valence electrons. The number of rotatable bonds is 9. The number of hydrogen-bond donors (Lipinski definition) is 1. The Bertz CT molecular complexity index is 975. The van der Waals surface area contributed by atoms with Gasteiger partial charge in [-0.1, -0.05) is 30.3 Å². The Balaban J connectivity index is 1.48. The highest BCUT2D eigenvalue weighted by atomic mass is 16.5. The Hall–Kier alpha value is -3.08. The van der Waals surface area contributed by atoms with E-state index in [1.54, 1.807) is 0 Å². The van der Waals surface area contributed by atoms with Gasteiger partial charge in [0.05, 0.1) is 11.0 Å². The largest absolute Gasteiger partial charge is 0.483 e. The third-order valence-electron chi connectivity index (χ3n) is 4.65. The van der Waals surface area contributed by atoms with E-state index in [0.29, 0.717) is 6.54 Å². The highest BCUT2D eigenvalue weighted by molar-refractivity contribution is 5.77. The second kappa shape index (κ2) is 9.22. The maximum atomic E-state index is 12.1. The Labute approximate surface area is 166 Å². The third-order valence-corrected chi connectivity index (χ3v) is 4.65. The van der Waals surface area contributed by atoms with Crippen LogP contribution in [0, 0.1) is 13.8 Å². The molecule has 1 aromatic heterocycles. The Morgan fingerprint density at radius 2 is 2.07 bits per heavy atom. The molecule has 0 aliphatic heterocycles. The minimum absolute atomic E-state index is 0.0271. The molecule has 0 aliphatic rings. The van der Waals surface area contributed by atoms with Gasteiger partial charge in [-0.2, -0.15) is 0 Å². The Kier molecular flexibility index (Phi) is 6.48. The number of allylic oxidation sites excluding steroid dienone is 1. The summed E-state index contributed by atoms with van der Waals surface area (Å²) in [6.07, 6.45) is 3.49. The number of aryl methyl sites for hydroxylation is 3. The first-order chi connectivity index (χ1) is 13.6. The number of nitrogens with one attached hydrogen (secondary N) is 1. The SMILES string of the molecule is C=CCn1c(CCCNC(=O)COc2cc(C)ccc2C)nc2ccccc21. The first-order valence-electron chi connectivity index (χ1n) is 9.60. The van der Waals surface area contributed by atoms with Crippen molar-refractivity contribution < 1.29 is 9.53 Å². The lowest BCUT2D eigenvalue weighted by atomic mass is 10.1. The number of nitrogens with zero attached hydrogens (tertiary/aromatic N) is 2. The third kappa shape index (κ3) is 4.80. The van der Waals surface area contributed by atoms with Crippen LogP contribution in [0.5, 0.6) is 5.75 Å². The number of para-hydroxylation sites is 2. The lowest BCUT2D eigenvalue weighted by Gasteiger charge is -2.10. The van der Waals surface area contributed by atoms with Crippen LogP contribution in [0.15, 0.2) is 55.1 Å². The minimum Gasteiger partial charge on any atom is -0.483 e. The topological polar surface area (TPSA) is 56.2 Å². The van der Waals surface area contributed by atoms with E-state index in [1.165, 1.54) is 0 Å². The Morgan fingerprint density at radius 1 is 1.25 bits per heavy atom. The summed E-state index contributed by atoms with van der Waals surface area (Å²) in [5.74, 6) is 1.66. The van der Waals surface area contributed by atoms with Gasteiger partial charge in [-0.25, -0.2) is 4.98 Å². The molecule has 1 heterocycles. The highest BCUT2D eigenvalue weighted by Gasteiger charge is 2.10. The number of carbonyl (C=O) groups excluding carboxylic acids is 1. The predicted octanol–water partition coefficient (Wildman–Crippen LogP) is 3.97. The van der Waals surface area contributed by atoms with Crippen molar-refractivity contribution in [2.75, 3.05) is 13.2 Å². The van der Waals surface area contributed by atoms with Gasteiger partial charge in [-0.3, -0.25) is 4.79 Å². The van der Waals surface area contributed by atoms with E-state index in [1.807, 2.05) is 56.3 Å². The summed E-state index contributed by atoms with van der Waals surface area (Å²) in [5, 5.41) is 2.92. The minimum atomic E-state index is -0.111. The van der Waals surface area contributed by atoms with Gasteiger partial charge in [0.25, 0.3) is 5.91 Å². The molecule has 0 radical (unpaired) electrons. The van der Waals surface area contributed by atoms with Gasteiger partial charge in [0.1, 0.15) is 11.6 Å². The van der Waals surface area contributed by atoms with E-state index in [9.17, 15) is 4.79 Å². The zero-order chi connectivity index (χ0) is 19.9. The summed E-state index contributed by atoms with van der Waals surface area (Å²) >= 11 is 0. The van der Waals surface area contributed by atoms with Crippen molar-refractivity contribution >= 4 is 16.9 Å². The highest BCUT2D eigenvalue weighted by Crippen LogP contribution is 2.19. The van der Waals surface area contributed by atoms with Gasteiger partial charge in [0.15, 0.2) is 6.61 Å². The van der Waals surface area contributed by atoms with Gasteiger partial charge < -0.3 is 14.6 Å². The van der Waals surface area contributed by atoms with Crippen LogP contribution in [-0.4, -0.2) is 28.6 Å². The fourth-order valence-corrected chi connectivity index (χ4v) is 3.18. The average Bonchev–Trinajstić information content (AvgIpc) is 3.04. The standard InChI is InChI=1S/C23H27N3O2/c1-4-14-26-20-9-6-5-8-19(20)25-22(26)10-7-13-24-23(27)16-28-21-15-17(2)11-12-18(21)3/h4-6,8-9,11-12,15H,1,7,10,13-14,16H2,2-3H3,(H,24,27). The molecule has 5 nitrogen and oxygen atoms in total. The van der Waals surface area contributed by atoms with Crippen molar-refractivity contribution in [2.45, 2.75) is 33.2 Å². The molecule has 2 aromatic carbocycles. The molecule has 0 saturated heterocycles. The molecule has 0 fully saturated rings. The lowest BCUT2D eigenvalue weighted by molar-refractivity contribution is -0.123. The Morgan fingerprint density at radius 3 is 2.89 bits per heavy atom. The van der Waals surface area contributed by atoms with E-state index in [0.717, 1.165) is 53.1 Å². The predicted molar refractivity (Wildman–Crippen MR) is 113 cm³/mol. The molecule has 0 aliphatic carbocycles. The van der Waals surface area contributed by atoms with Gasteiger partial charge in [0.2, 0.25) is 0 Å². The van der Waals surface area contributed by atoms with E-state index < -0.39 is 0 Å². The molecule has 0 saturated carbocycles. The maximum Gasteiger partial charge on any atom is 0.257 e. The first-order valence-corrected chi connectivity index (χ1v) is 9.60. The monoisotopic (exact) mass is 377 g/mol. The van der Waals surface area contributed by atoms with Crippen molar-refractivity contribution in [1.29, 1.82) is 0 Å². The van der Waals surface area contributed by atoms with Crippen LogP contribution in [0.2, 0.25) is 0 Å². The van der Waals surface area contributed by atoms with Crippen molar-refractivity contribution in [3.05, 3.63) is 72.1 Å². The molecule has 0 bridgehead atoms. The summed E-state index contributed by atoms with van der Waals surface area (Å²) in [4.78, 5) is 16.8. The lowest BCUT2D eigenvalue weighted by Crippen LogP contribution is -2.30. The van der Waals surface area contributed by atoms with Crippen molar-refractivity contribution in [2.24, 2.45) is 0 Å². The summed E-state index contributed by atoms with van der Waals surface area (Å²) < 4.78 is 7.82. The van der Waals surface area contributed by atoms with Gasteiger partial charge in [-0.05, 0) is 49.6 Å². The quantitative estimate of drug-likeness (QED) is 0.453. The van der Waals surface area contributed by atoms with E-state index in [4.69, 9.17) is 9.72 Å². The second-order valence-corrected chi connectivity index (χ2v) is 6.93. The fourth-order valence-electron chi connectivity index (χ4n) is 3.18. The smallest absolute Gasteiger partial charge is 0.257 e. The molecule has 1 amide bonds. The van der Waals surface area contributed by atoms with Crippen LogP contribution >= 0.6 is 0 Å². The summed E-state index contributed by atoms with van der Waals surface area (Å²) in [7, 11) is 0. The number of fused-ring (bicyclic) bond motifs is 1. The fraction of sp³-hybridized carbons (Fsp3) is 0.304. The number of imidazole rings is 1. The van der Waals surface area contributed by atoms with Gasteiger partial charge in [-0.15, -0.1) is 6.58 Å². The number of hydrogen-bond acceptors (Lipinski definition) is 3. The summed E-state index contributed by atoms with van der Waals surface area (Å²) in [6, 6.07) is 14.1. The summed E-state index contributed by atoms with van der Waals surface area (Å²) in [6.45, 7) is 9.17. The van der Waals surface area contributed by atoms with Crippen LogP contribution < -0.4 is 10.1 Å². The number of carbonyl (C=O) groups is 1. The second-order valence-electron chi connectivity index (χ2n) is 6.93. The number of amides is 1. The van der Waals surface area contributed by atoms with Gasteiger partial charge >= 0.3 is 0 Å². The number of benzene rings is 2. The van der Waals surface area contributed by atoms with E-state index >= 15 is 0 Å². The molecular formula is C23H27N3O2. The molecule has 5 heteroatoms. The zero-order valence-corrected chi connectivity index (χ0v) is 16.6. The van der Waals surface area contributed by atoms with Crippen LogP contribution in [0.25, 0.3) is 11.0 Å². The van der Waals surface area contributed by atoms with Crippen LogP contribution in [0.1, 0.15) is 23.4 Å². The van der Waals surface area contributed by atoms with Crippen molar-refractivity contribution in [3.8, 4) is 5.75 Å². The van der Waals surface area contributed by atoms with Crippen molar-refractivity contribution in [3.63, 3.8) is 0 Å². The molecular weight excluding hydrogens is 350 g/mol. The molecule has 0 spiro atoms.